The number of carbonyl (C=O) groups is 1. The Kier molecular flexibility index (Phi) is 6.00. The molecule has 0 heterocycles. The standard InChI is InChI=1S/C16H14Cl2N2O4/c1-2-15(24-12-5-3-4-10(17)8-12)16(21)19-14-9-11(20(22)23)6-7-13(14)18/h3-9,15H,2H2,1H3,(H,19,21)/t15-/m1/s1. The Morgan fingerprint density at radius 3 is 2.67 bits per heavy atom. The lowest BCUT2D eigenvalue weighted by Crippen LogP contribution is -2.32. The molecule has 0 aliphatic rings. The van der Waals surface area contributed by atoms with Gasteiger partial charge in [-0.25, -0.2) is 0 Å². The highest BCUT2D eigenvalue weighted by Gasteiger charge is 2.20. The van der Waals surface area contributed by atoms with E-state index >= 15 is 0 Å². The van der Waals surface area contributed by atoms with Crippen LogP contribution in [0.5, 0.6) is 5.75 Å². The number of nitro benzene ring substituents is 1. The van der Waals surface area contributed by atoms with E-state index in [2.05, 4.69) is 5.32 Å². The van der Waals surface area contributed by atoms with Gasteiger partial charge in [0.2, 0.25) is 0 Å². The number of anilines is 1. The Balaban J connectivity index is 2.15. The molecule has 1 atom stereocenters. The summed E-state index contributed by atoms with van der Waals surface area (Å²) in [6.45, 7) is 1.78. The molecule has 0 radical (unpaired) electrons. The highest BCUT2D eigenvalue weighted by molar-refractivity contribution is 6.33. The number of hydrogen-bond donors (Lipinski definition) is 1. The quantitative estimate of drug-likeness (QED) is 0.591. The average molecular weight is 369 g/mol. The summed E-state index contributed by atoms with van der Waals surface area (Å²) in [5.41, 5.74) is -0.0116. The average Bonchev–Trinajstić information content (AvgIpc) is 2.54. The van der Waals surface area contributed by atoms with Gasteiger partial charge >= 0.3 is 0 Å². The number of nitrogens with zero attached hydrogens (tertiary/aromatic N) is 1. The Hall–Kier alpha value is -2.31. The third-order valence-electron chi connectivity index (χ3n) is 3.16. The van der Waals surface area contributed by atoms with E-state index in [1.54, 1.807) is 31.2 Å². The summed E-state index contributed by atoms with van der Waals surface area (Å²) < 4.78 is 5.62. The summed E-state index contributed by atoms with van der Waals surface area (Å²) in [5, 5.41) is 14.1. The molecule has 0 bridgehead atoms. The summed E-state index contributed by atoms with van der Waals surface area (Å²) in [4.78, 5) is 22.6. The lowest BCUT2D eigenvalue weighted by Gasteiger charge is -2.17. The van der Waals surface area contributed by atoms with Crippen LogP contribution < -0.4 is 10.1 Å². The summed E-state index contributed by atoms with van der Waals surface area (Å²) in [6, 6.07) is 10.5. The fourth-order valence-electron chi connectivity index (χ4n) is 1.96. The van der Waals surface area contributed by atoms with Crippen molar-refractivity contribution >= 4 is 40.5 Å². The van der Waals surface area contributed by atoms with Gasteiger partial charge in [0.25, 0.3) is 11.6 Å². The van der Waals surface area contributed by atoms with Crippen LogP contribution in [0.25, 0.3) is 0 Å². The van der Waals surface area contributed by atoms with Crippen LogP contribution in [0.4, 0.5) is 11.4 Å². The van der Waals surface area contributed by atoms with E-state index in [-0.39, 0.29) is 16.4 Å². The predicted molar refractivity (Wildman–Crippen MR) is 92.9 cm³/mol. The molecular formula is C16H14Cl2N2O4. The second-order valence-corrected chi connectivity index (χ2v) is 5.73. The normalized spacial score (nSPS) is 11.6. The van der Waals surface area contributed by atoms with E-state index in [1.807, 2.05) is 0 Å². The Labute approximate surface area is 148 Å². The van der Waals surface area contributed by atoms with Gasteiger partial charge in [0, 0.05) is 17.2 Å². The van der Waals surface area contributed by atoms with Gasteiger partial charge in [-0.3, -0.25) is 14.9 Å². The molecule has 0 aliphatic carbocycles. The largest absolute Gasteiger partial charge is 0.481 e. The maximum absolute atomic E-state index is 12.4. The molecule has 0 unspecified atom stereocenters. The van der Waals surface area contributed by atoms with Crippen molar-refractivity contribution in [3.05, 3.63) is 62.6 Å². The Morgan fingerprint density at radius 2 is 2.04 bits per heavy atom. The number of hydrogen-bond acceptors (Lipinski definition) is 4. The number of rotatable bonds is 6. The maximum atomic E-state index is 12.4. The van der Waals surface area contributed by atoms with Crippen molar-refractivity contribution in [1.29, 1.82) is 0 Å². The molecule has 2 aromatic carbocycles. The minimum atomic E-state index is -0.793. The number of nitrogens with one attached hydrogen (secondary N) is 1. The molecule has 0 saturated carbocycles. The number of ether oxygens (including phenoxy) is 1. The molecule has 1 N–H and O–H groups in total. The zero-order chi connectivity index (χ0) is 17.7. The summed E-state index contributed by atoms with van der Waals surface area (Å²) >= 11 is 11.9. The predicted octanol–water partition coefficient (Wildman–Crippen LogP) is 4.70. The zero-order valence-corrected chi connectivity index (χ0v) is 14.2. The molecule has 2 rings (SSSR count). The molecule has 0 aromatic heterocycles. The zero-order valence-electron chi connectivity index (χ0n) is 12.7. The fourth-order valence-corrected chi connectivity index (χ4v) is 2.31. The van der Waals surface area contributed by atoms with E-state index in [9.17, 15) is 14.9 Å². The maximum Gasteiger partial charge on any atom is 0.271 e. The SMILES string of the molecule is CC[C@@H](Oc1cccc(Cl)c1)C(=O)Nc1cc([N+](=O)[O-])ccc1Cl. The second-order valence-electron chi connectivity index (χ2n) is 4.88. The smallest absolute Gasteiger partial charge is 0.271 e. The third kappa shape index (κ3) is 4.59. The van der Waals surface area contributed by atoms with E-state index in [4.69, 9.17) is 27.9 Å². The molecular weight excluding hydrogens is 355 g/mol. The molecule has 2 aromatic rings. The molecule has 0 spiro atoms. The first-order valence-electron chi connectivity index (χ1n) is 7.07. The Bertz CT molecular complexity index is 767. The van der Waals surface area contributed by atoms with Crippen molar-refractivity contribution in [2.24, 2.45) is 0 Å². The van der Waals surface area contributed by atoms with Crippen molar-refractivity contribution < 1.29 is 14.5 Å². The highest BCUT2D eigenvalue weighted by atomic mass is 35.5. The molecule has 24 heavy (non-hydrogen) atoms. The van der Waals surface area contributed by atoms with Gasteiger partial charge in [-0.05, 0) is 30.7 Å². The molecule has 0 saturated heterocycles. The molecule has 0 aliphatic heterocycles. The van der Waals surface area contributed by atoms with Crippen LogP contribution in [-0.2, 0) is 4.79 Å². The molecule has 0 fully saturated rings. The van der Waals surface area contributed by atoms with Gasteiger partial charge in [0.1, 0.15) is 5.75 Å². The first kappa shape index (κ1) is 18.0. The second kappa shape index (κ2) is 7.99. The van der Waals surface area contributed by atoms with E-state index in [1.165, 1.54) is 18.2 Å². The lowest BCUT2D eigenvalue weighted by molar-refractivity contribution is -0.384. The summed E-state index contributed by atoms with van der Waals surface area (Å²) in [6.07, 6.45) is -0.399. The number of amides is 1. The highest BCUT2D eigenvalue weighted by Crippen LogP contribution is 2.27. The van der Waals surface area contributed by atoms with E-state index in [0.29, 0.717) is 17.2 Å². The lowest BCUT2D eigenvalue weighted by atomic mass is 10.2. The van der Waals surface area contributed by atoms with Crippen LogP contribution in [0.15, 0.2) is 42.5 Å². The number of nitro groups is 1. The summed E-state index contributed by atoms with van der Waals surface area (Å²) in [5.74, 6) is -0.00508. The van der Waals surface area contributed by atoms with Gasteiger partial charge in [0.15, 0.2) is 6.10 Å². The van der Waals surface area contributed by atoms with E-state index < -0.39 is 16.9 Å². The third-order valence-corrected chi connectivity index (χ3v) is 3.72. The molecule has 8 heteroatoms. The number of carbonyl (C=O) groups excluding carboxylic acids is 1. The van der Waals surface area contributed by atoms with Gasteiger partial charge in [-0.2, -0.15) is 0 Å². The van der Waals surface area contributed by atoms with Crippen LogP contribution in [-0.4, -0.2) is 16.9 Å². The molecule has 6 nitrogen and oxygen atoms in total. The van der Waals surface area contributed by atoms with Gasteiger partial charge in [-0.15, -0.1) is 0 Å². The first-order valence-corrected chi connectivity index (χ1v) is 7.83. The van der Waals surface area contributed by atoms with Gasteiger partial charge < -0.3 is 10.1 Å². The van der Waals surface area contributed by atoms with Crippen LogP contribution in [0.1, 0.15) is 13.3 Å². The van der Waals surface area contributed by atoms with Gasteiger partial charge in [0.05, 0.1) is 15.6 Å². The monoisotopic (exact) mass is 368 g/mol. The first-order chi connectivity index (χ1) is 11.4. The number of halogens is 2. The summed E-state index contributed by atoms with van der Waals surface area (Å²) in [7, 11) is 0. The van der Waals surface area contributed by atoms with Crippen molar-refractivity contribution in [3.8, 4) is 5.75 Å². The fraction of sp³-hybridized carbons (Fsp3) is 0.188. The van der Waals surface area contributed by atoms with Crippen molar-refractivity contribution in [3.63, 3.8) is 0 Å². The number of benzene rings is 2. The number of non-ortho nitro benzene ring substituents is 1. The van der Waals surface area contributed by atoms with Crippen molar-refractivity contribution in [1.82, 2.24) is 0 Å². The van der Waals surface area contributed by atoms with Crippen LogP contribution in [0.3, 0.4) is 0 Å². The van der Waals surface area contributed by atoms with Crippen LogP contribution >= 0.6 is 23.2 Å². The van der Waals surface area contributed by atoms with Gasteiger partial charge in [-0.1, -0.05) is 36.2 Å². The minimum absolute atomic E-state index is 0.156. The molecule has 1 amide bonds. The van der Waals surface area contributed by atoms with E-state index in [0.717, 1.165) is 0 Å². The topological polar surface area (TPSA) is 81.5 Å². The molecule has 126 valence electrons. The van der Waals surface area contributed by atoms with Crippen LogP contribution in [0.2, 0.25) is 10.0 Å². The van der Waals surface area contributed by atoms with Crippen molar-refractivity contribution in [2.45, 2.75) is 19.4 Å². The Morgan fingerprint density at radius 1 is 1.29 bits per heavy atom. The van der Waals surface area contributed by atoms with Crippen molar-refractivity contribution in [2.75, 3.05) is 5.32 Å². The minimum Gasteiger partial charge on any atom is -0.481 e. The van der Waals surface area contributed by atoms with Crippen LogP contribution in [0, 0.1) is 10.1 Å².